The van der Waals surface area contributed by atoms with Crippen molar-refractivity contribution >= 4 is 35.2 Å². The summed E-state index contributed by atoms with van der Waals surface area (Å²) in [6, 6.07) is 4.91. The molecule has 0 N–H and O–H groups in total. The molecule has 2 aromatic rings. The number of rotatable bonds is 6. The van der Waals surface area contributed by atoms with Crippen molar-refractivity contribution < 1.29 is 14.5 Å². The van der Waals surface area contributed by atoms with Gasteiger partial charge in [-0.05, 0) is 31.9 Å². The highest BCUT2D eigenvalue weighted by atomic mass is 32.2. The summed E-state index contributed by atoms with van der Waals surface area (Å²) < 4.78 is 6.75. The number of aryl methyl sites for hydroxylation is 2. The van der Waals surface area contributed by atoms with Crippen molar-refractivity contribution in [3.05, 3.63) is 50.8 Å². The van der Waals surface area contributed by atoms with Crippen LogP contribution in [0.5, 0.6) is 0 Å². The molecule has 0 bridgehead atoms. The van der Waals surface area contributed by atoms with Gasteiger partial charge in [0.05, 0.1) is 22.8 Å². The van der Waals surface area contributed by atoms with Gasteiger partial charge in [0.25, 0.3) is 5.69 Å². The van der Waals surface area contributed by atoms with Crippen LogP contribution in [0.15, 0.2) is 34.0 Å². The van der Waals surface area contributed by atoms with E-state index < -0.39 is 10.9 Å². The van der Waals surface area contributed by atoms with Crippen molar-refractivity contribution in [3.63, 3.8) is 0 Å². The molecule has 0 aliphatic carbocycles. The average molecular weight is 401 g/mol. The zero-order chi connectivity index (χ0) is 20.3. The van der Waals surface area contributed by atoms with Gasteiger partial charge >= 0.3 is 5.97 Å². The summed E-state index contributed by atoms with van der Waals surface area (Å²) in [5, 5.41) is 24.5. The summed E-state index contributed by atoms with van der Waals surface area (Å²) in [5.41, 5.74) is 1.95. The van der Waals surface area contributed by atoms with Gasteiger partial charge in [-0.2, -0.15) is 9.78 Å². The molecule has 0 unspecified atom stereocenters. The normalized spacial score (nSPS) is 13.7. The number of carbonyl (C=O) groups excluding carboxylic acids is 1. The highest BCUT2D eigenvalue weighted by Gasteiger charge is 2.24. The standard InChI is InChI=1S/C18H19N5O4S/c1-4-13-7-6-12(9-16(13)23(25)26)8-14(17(24)27-5-2)15-10-28-18-20-19-11(3)22(18)21-15/h6-9H,4-5,10H2,1-3H3/b14-8-. The highest BCUT2D eigenvalue weighted by molar-refractivity contribution is 7.99. The summed E-state index contributed by atoms with van der Waals surface area (Å²) in [4.78, 5) is 23.5. The number of carbonyl (C=O) groups is 1. The van der Waals surface area contributed by atoms with Crippen molar-refractivity contribution in [1.82, 2.24) is 14.9 Å². The number of nitro groups is 1. The molecule has 28 heavy (non-hydrogen) atoms. The van der Waals surface area contributed by atoms with Gasteiger partial charge < -0.3 is 4.74 Å². The third-order valence-corrected chi connectivity index (χ3v) is 5.06. The Labute approximate surface area is 165 Å². The van der Waals surface area contributed by atoms with Crippen LogP contribution in [0.3, 0.4) is 0 Å². The zero-order valence-electron chi connectivity index (χ0n) is 15.7. The smallest absolute Gasteiger partial charge is 0.340 e. The molecule has 0 fully saturated rings. The molecule has 1 aromatic heterocycles. The Kier molecular flexibility index (Phi) is 5.88. The maximum absolute atomic E-state index is 12.6. The molecule has 0 saturated heterocycles. The monoisotopic (exact) mass is 401 g/mol. The van der Waals surface area contributed by atoms with Crippen molar-refractivity contribution in [2.24, 2.45) is 5.10 Å². The number of benzene rings is 1. The minimum atomic E-state index is -0.529. The first kappa shape index (κ1) is 19.7. The van der Waals surface area contributed by atoms with Crippen LogP contribution < -0.4 is 0 Å². The Bertz CT molecular complexity index is 996. The van der Waals surface area contributed by atoms with Crippen molar-refractivity contribution in [2.45, 2.75) is 32.3 Å². The molecule has 0 amide bonds. The molecule has 1 aliphatic heterocycles. The molecule has 1 aliphatic rings. The predicted molar refractivity (Wildman–Crippen MR) is 105 cm³/mol. The number of ether oxygens (including phenoxy) is 1. The fourth-order valence-corrected chi connectivity index (χ4v) is 3.61. The van der Waals surface area contributed by atoms with Gasteiger partial charge in [0.15, 0.2) is 5.82 Å². The van der Waals surface area contributed by atoms with Crippen LogP contribution in [0.2, 0.25) is 0 Å². The molecule has 0 atom stereocenters. The third kappa shape index (κ3) is 3.96. The number of aromatic nitrogens is 3. The first-order valence-electron chi connectivity index (χ1n) is 8.73. The molecular weight excluding hydrogens is 382 g/mol. The van der Waals surface area contributed by atoms with Crippen LogP contribution in [0.4, 0.5) is 5.69 Å². The number of hydrogen-bond acceptors (Lipinski definition) is 8. The van der Waals surface area contributed by atoms with Gasteiger partial charge in [-0.15, -0.1) is 10.2 Å². The first-order valence-corrected chi connectivity index (χ1v) is 9.72. The van der Waals surface area contributed by atoms with Crippen molar-refractivity contribution in [3.8, 4) is 0 Å². The summed E-state index contributed by atoms with van der Waals surface area (Å²) in [6.45, 7) is 5.55. The second-order valence-electron chi connectivity index (χ2n) is 5.95. The van der Waals surface area contributed by atoms with E-state index in [9.17, 15) is 14.9 Å². The quantitative estimate of drug-likeness (QED) is 0.316. The Balaban J connectivity index is 2.08. The Hall–Kier alpha value is -3.01. The number of nitro benzene ring substituents is 1. The molecule has 1 aromatic carbocycles. The molecule has 2 heterocycles. The SMILES string of the molecule is CCOC(=O)/C(=C\c1ccc(CC)c([N+](=O)[O-])c1)C1=Nn2c(C)nnc2SC1. The maximum atomic E-state index is 12.6. The van der Waals surface area contributed by atoms with E-state index in [2.05, 4.69) is 15.3 Å². The van der Waals surface area contributed by atoms with Gasteiger partial charge in [-0.1, -0.05) is 30.8 Å². The number of nitrogens with zero attached hydrogens (tertiary/aromatic N) is 5. The Morgan fingerprint density at radius 1 is 1.39 bits per heavy atom. The zero-order valence-corrected chi connectivity index (χ0v) is 16.5. The summed E-state index contributed by atoms with van der Waals surface area (Å²) in [6.07, 6.45) is 2.12. The molecule has 3 rings (SSSR count). The lowest BCUT2D eigenvalue weighted by Crippen LogP contribution is -2.21. The molecule has 10 heteroatoms. The number of hydrogen-bond donors (Lipinski definition) is 0. The highest BCUT2D eigenvalue weighted by Crippen LogP contribution is 2.26. The first-order chi connectivity index (χ1) is 13.4. The van der Waals surface area contributed by atoms with E-state index in [0.29, 0.717) is 40.0 Å². The summed E-state index contributed by atoms with van der Waals surface area (Å²) in [5.74, 6) is 0.488. The fraction of sp³-hybridized carbons (Fsp3) is 0.333. The predicted octanol–water partition coefficient (Wildman–Crippen LogP) is 3.01. The molecule has 0 radical (unpaired) electrons. The number of thioether (sulfide) groups is 1. The molecule has 146 valence electrons. The van der Waals surface area contributed by atoms with Gasteiger partial charge in [-0.3, -0.25) is 10.1 Å². The lowest BCUT2D eigenvalue weighted by molar-refractivity contribution is -0.385. The van der Waals surface area contributed by atoms with Crippen LogP contribution in [0.1, 0.15) is 30.8 Å². The molecule has 0 spiro atoms. The second-order valence-corrected chi connectivity index (χ2v) is 6.90. The van der Waals surface area contributed by atoms with E-state index in [0.717, 1.165) is 0 Å². The van der Waals surface area contributed by atoms with Crippen LogP contribution >= 0.6 is 11.8 Å². The topological polar surface area (TPSA) is 113 Å². The van der Waals surface area contributed by atoms with Crippen LogP contribution in [0, 0.1) is 17.0 Å². The van der Waals surface area contributed by atoms with Crippen LogP contribution in [0.25, 0.3) is 6.08 Å². The fourth-order valence-electron chi connectivity index (χ4n) is 2.73. The lowest BCUT2D eigenvalue weighted by Gasteiger charge is -2.15. The average Bonchev–Trinajstić information content (AvgIpc) is 3.06. The van der Waals surface area contributed by atoms with Gasteiger partial charge in [0.1, 0.15) is 0 Å². The minimum absolute atomic E-state index is 0.0244. The maximum Gasteiger partial charge on any atom is 0.340 e. The summed E-state index contributed by atoms with van der Waals surface area (Å²) in [7, 11) is 0. The third-order valence-electron chi connectivity index (χ3n) is 4.13. The van der Waals surface area contributed by atoms with Crippen LogP contribution in [-0.4, -0.2) is 43.8 Å². The van der Waals surface area contributed by atoms with E-state index in [-0.39, 0.29) is 17.9 Å². The lowest BCUT2D eigenvalue weighted by atomic mass is 10.0. The van der Waals surface area contributed by atoms with Crippen molar-refractivity contribution in [2.75, 3.05) is 12.4 Å². The van der Waals surface area contributed by atoms with E-state index in [1.165, 1.54) is 17.8 Å². The van der Waals surface area contributed by atoms with E-state index in [1.807, 2.05) is 6.92 Å². The van der Waals surface area contributed by atoms with Crippen LogP contribution in [-0.2, 0) is 16.0 Å². The molecule has 9 nitrogen and oxygen atoms in total. The Morgan fingerprint density at radius 3 is 2.86 bits per heavy atom. The minimum Gasteiger partial charge on any atom is -0.462 e. The van der Waals surface area contributed by atoms with E-state index in [1.54, 1.807) is 36.7 Å². The Morgan fingerprint density at radius 2 is 2.18 bits per heavy atom. The molecular formula is C18H19N5O4S. The number of fused-ring (bicyclic) bond motifs is 1. The van der Waals surface area contributed by atoms with E-state index in [4.69, 9.17) is 4.74 Å². The largest absolute Gasteiger partial charge is 0.462 e. The summed E-state index contributed by atoms with van der Waals surface area (Å²) >= 11 is 1.41. The van der Waals surface area contributed by atoms with Gasteiger partial charge in [-0.25, -0.2) is 4.79 Å². The van der Waals surface area contributed by atoms with E-state index >= 15 is 0 Å². The van der Waals surface area contributed by atoms with Gasteiger partial charge in [0, 0.05) is 17.4 Å². The van der Waals surface area contributed by atoms with Crippen molar-refractivity contribution in [1.29, 1.82) is 0 Å². The number of esters is 1. The second kappa shape index (κ2) is 8.34. The van der Waals surface area contributed by atoms with Gasteiger partial charge in [0.2, 0.25) is 5.16 Å². The molecule has 0 saturated carbocycles.